The van der Waals surface area contributed by atoms with Crippen molar-refractivity contribution in [3.8, 4) is 28.7 Å². The summed E-state index contributed by atoms with van der Waals surface area (Å²) in [6.07, 6.45) is 0. The smallest absolute Gasteiger partial charge is 0.231 e. The summed E-state index contributed by atoms with van der Waals surface area (Å²) in [6, 6.07) is 21.4. The normalized spacial score (nSPS) is 12.0. The number of hydrogen-bond donors (Lipinski definition) is 0. The molecule has 0 aliphatic carbocycles. The summed E-state index contributed by atoms with van der Waals surface area (Å²) in [5.74, 6) is 3.94. The van der Waals surface area contributed by atoms with Gasteiger partial charge in [0.1, 0.15) is 23.9 Å². The molecule has 0 aromatic heterocycles. The fourth-order valence-corrected chi connectivity index (χ4v) is 2.62. The van der Waals surface area contributed by atoms with Gasteiger partial charge in [0.15, 0.2) is 11.5 Å². The first-order valence-corrected chi connectivity index (χ1v) is 8.12. The van der Waals surface area contributed by atoms with Crippen molar-refractivity contribution in [2.45, 2.75) is 13.5 Å². The summed E-state index contributed by atoms with van der Waals surface area (Å²) < 4.78 is 22.4. The van der Waals surface area contributed by atoms with E-state index in [1.165, 1.54) is 5.56 Å². The number of aryl methyl sites for hydroxylation is 1. The van der Waals surface area contributed by atoms with E-state index < -0.39 is 0 Å². The molecule has 0 radical (unpaired) electrons. The highest BCUT2D eigenvalue weighted by atomic mass is 16.7. The third kappa shape index (κ3) is 3.69. The zero-order valence-corrected chi connectivity index (χ0v) is 13.9. The van der Waals surface area contributed by atoms with Crippen molar-refractivity contribution >= 4 is 0 Å². The van der Waals surface area contributed by atoms with E-state index in [1.807, 2.05) is 73.7 Å². The van der Waals surface area contributed by atoms with E-state index in [2.05, 4.69) is 0 Å². The second kappa shape index (κ2) is 6.77. The lowest BCUT2D eigenvalue weighted by Gasteiger charge is -2.09. The van der Waals surface area contributed by atoms with Crippen molar-refractivity contribution in [2.24, 2.45) is 0 Å². The van der Waals surface area contributed by atoms with Gasteiger partial charge in [-0.2, -0.15) is 0 Å². The number of rotatable bonds is 5. The molecule has 0 amide bonds. The fraction of sp³-hybridized carbons (Fsp3) is 0.143. The maximum atomic E-state index is 5.84. The Balaban J connectivity index is 1.37. The SMILES string of the molecule is Cc1cccc(Oc2ccc(OCc3ccc4c(c3)OCO4)cc2)c1. The van der Waals surface area contributed by atoms with Gasteiger partial charge in [-0.1, -0.05) is 18.2 Å². The van der Waals surface area contributed by atoms with Gasteiger partial charge in [-0.25, -0.2) is 0 Å². The van der Waals surface area contributed by atoms with E-state index in [4.69, 9.17) is 18.9 Å². The molecule has 3 aromatic carbocycles. The van der Waals surface area contributed by atoms with Gasteiger partial charge in [0, 0.05) is 0 Å². The van der Waals surface area contributed by atoms with Crippen molar-refractivity contribution in [3.63, 3.8) is 0 Å². The van der Waals surface area contributed by atoms with Crippen molar-refractivity contribution in [1.29, 1.82) is 0 Å². The number of benzene rings is 3. The summed E-state index contributed by atoms with van der Waals surface area (Å²) in [7, 11) is 0. The Morgan fingerprint density at radius 1 is 0.800 bits per heavy atom. The van der Waals surface area contributed by atoms with E-state index >= 15 is 0 Å². The minimum absolute atomic E-state index is 0.280. The monoisotopic (exact) mass is 334 g/mol. The molecule has 0 bridgehead atoms. The van der Waals surface area contributed by atoms with E-state index in [-0.39, 0.29) is 6.79 Å². The Kier molecular flexibility index (Phi) is 4.17. The van der Waals surface area contributed by atoms with Crippen LogP contribution in [-0.4, -0.2) is 6.79 Å². The van der Waals surface area contributed by atoms with Crippen LogP contribution < -0.4 is 18.9 Å². The van der Waals surface area contributed by atoms with Gasteiger partial charge in [-0.3, -0.25) is 0 Å². The molecule has 4 nitrogen and oxygen atoms in total. The van der Waals surface area contributed by atoms with Gasteiger partial charge in [0.25, 0.3) is 0 Å². The first-order valence-electron chi connectivity index (χ1n) is 8.12. The van der Waals surface area contributed by atoms with Crippen LogP contribution in [-0.2, 0) is 6.61 Å². The van der Waals surface area contributed by atoms with Gasteiger partial charge < -0.3 is 18.9 Å². The maximum absolute atomic E-state index is 5.84. The topological polar surface area (TPSA) is 36.9 Å². The standard InChI is InChI=1S/C21H18O4/c1-15-3-2-4-19(11-15)25-18-8-6-17(7-9-18)22-13-16-5-10-20-21(12-16)24-14-23-20/h2-12H,13-14H2,1H3. The van der Waals surface area contributed by atoms with Crippen LogP contribution in [0.15, 0.2) is 66.7 Å². The minimum atomic E-state index is 0.280. The average Bonchev–Trinajstić information content (AvgIpc) is 3.09. The second-order valence-corrected chi connectivity index (χ2v) is 5.87. The molecule has 4 heteroatoms. The molecule has 0 saturated carbocycles. The van der Waals surface area contributed by atoms with Gasteiger partial charge in [0.2, 0.25) is 6.79 Å². The molecule has 0 fully saturated rings. The molecule has 126 valence electrons. The Morgan fingerprint density at radius 2 is 1.60 bits per heavy atom. The number of ether oxygens (including phenoxy) is 4. The van der Waals surface area contributed by atoms with Gasteiger partial charge in [-0.15, -0.1) is 0 Å². The molecular formula is C21H18O4. The summed E-state index contributed by atoms with van der Waals surface area (Å²) in [5, 5.41) is 0. The van der Waals surface area contributed by atoms with E-state index in [9.17, 15) is 0 Å². The molecule has 1 aliphatic rings. The predicted molar refractivity (Wildman–Crippen MR) is 94.6 cm³/mol. The van der Waals surface area contributed by atoms with E-state index in [0.717, 1.165) is 34.3 Å². The summed E-state index contributed by atoms with van der Waals surface area (Å²) in [4.78, 5) is 0. The largest absolute Gasteiger partial charge is 0.489 e. The average molecular weight is 334 g/mol. The molecule has 0 saturated heterocycles. The van der Waals surface area contributed by atoms with Crippen LogP contribution >= 0.6 is 0 Å². The van der Waals surface area contributed by atoms with E-state index in [0.29, 0.717) is 6.61 Å². The Morgan fingerprint density at radius 3 is 2.44 bits per heavy atom. The third-order valence-corrected chi connectivity index (χ3v) is 3.89. The highest BCUT2D eigenvalue weighted by molar-refractivity contribution is 5.44. The molecule has 4 rings (SSSR count). The zero-order valence-electron chi connectivity index (χ0n) is 13.9. The molecule has 0 atom stereocenters. The molecule has 0 N–H and O–H groups in total. The molecule has 1 aliphatic heterocycles. The van der Waals surface area contributed by atoms with Crippen LogP contribution in [0.2, 0.25) is 0 Å². The molecular weight excluding hydrogens is 316 g/mol. The minimum Gasteiger partial charge on any atom is -0.489 e. The molecule has 0 spiro atoms. The van der Waals surface area contributed by atoms with Gasteiger partial charge in [-0.05, 0) is 66.6 Å². The summed E-state index contributed by atoms with van der Waals surface area (Å²) in [6.45, 7) is 2.79. The number of fused-ring (bicyclic) bond motifs is 1. The molecule has 0 unspecified atom stereocenters. The lowest BCUT2D eigenvalue weighted by Crippen LogP contribution is -1.95. The lowest BCUT2D eigenvalue weighted by molar-refractivity contribution is 0.174. The van der Waals surface area contributed by atoms with Crippen LogP contribution in [0.1, 0.15) is 11.1 Å². The van der Waals surface area contributed by atoms with Crippen molar-refractivity contribution < 1.29 is 18.9 Å². The van der Waals surface area contributed by atoms with Crippen molar-refractivity contribution in [1.82, 2.24) is 0 Å². The highest BCUT2D eigenvalue weighted by Gasteiger charge is 2.13. The predicted octanol–water partition coefficient (Wildman–Crippen LogP) is 5.10. The van der Waals surface area contributed by atoms with E-state index in [1.54, 1.807) is 0 Å². The maximum Gasteiger partial charge on any atom is 0.231 e. The van der Waals surface area contributed by atoms with Crippen molar-refractivity contribution in [3.05, 3.63) is 77.9 Å². The molecule has 3 aromatic rings. The van der Waals surface area contributed by atoms with Crippen LogP contribution in [0.4, 0.5) is 0 Å². The van der Waals surface area contributed by atoms with Crippen molar-refractivity contribution in [2.75, 3.05) is 6.79 Å². The zero-order chi connectivity index (χ0) is 17.1. The second-order valence-electron chi connectivity index (χ2n) is 5.87. The van der Waals surface area contributed by atoms with Crippen LogP contribution in [0, 0.1) is 6.92 Å². The van der Waals surface area contributed by atoms with Gasteiger partial charge >= 0.3 is 0 Å². The highest BCUT2D eigenvalue weighted by Crippen LogP contribution is 2.33. The number of hydrogen-bond acceptors (Lipinski definition) is 4. The Hall–Kier alpha value is -3.14. The lowest BCUT2D eigenvalue weighted by atomic mass is 10.2. The molecule has 25 heavy (non-hydrogen) atoms. The third-order valence-electron chi connectivity index (χ3n) is 3.89. The van der Waals surface area contributed by atoms with Crippen LogP contribution in [0.5, 0.6) is 28.7 Å². The van der Waals surface area contributed by atoms with Gasteiger partial charge in [0.05, 0.1) is 0 Å². The molecule has 1 heterocycles. The Bertz CT molecular complexity index is 871. The first-order chi connectivity index (χ1) is 12.3. The summed E-state index contributed by atoms with van der Waals surface area (Å²) in [5.41, 5.74) is 2.20. The Labute approximate surface area is 146 Å². The quantitative estimate of drug-likeness (QED) is 0.651. The summed E-state index contributed by atoms with van der Waals surface area (Å²) >= 11 is 0. The van der Waals surface area contributed by atoms with Crippen LogP contribution in [0.25, 0.3) is 0 Å². The fourth-order valence-electron chi connectivity index (χ4n) is 2.62. The van der Waals surface area contributed by atoms with Crippen LogP contribution in [0.3, 0.4) is 0 Å². The first kappa shape index (κ1) is 15.4.